The highest BCUT2D eigenvalue weighted by Gasteiger charge is 2.25. The Bertz CT molecular complexity index is 987. The van der Waals surface area contributed by atoms with E-state index in [9.17, 15) is 24.3 Å². The lowest BCUT2D eigenvalue weighted by Crippen LogP contribution is -2.15. The van der Waals surface area contributed by atoms with Crippen molar-refractivity contribution in [2.24, 2.45) is 0 Å². The Kier molecular flexibility index (Phi) is 4.45. The number of carbonyl (C=O) groups excluding carboxylic acids is 4. The first-order chi connectivity index (χ1) is 12.4. The lowest BCUT2D eigenvalue weighted by Gasteiger charge is -2.12. The molecule has 5 nitrogen and oxygen atoms in total. The van der Waals surface area contributed by atoms with Gasteiger partial charge in [0.2, 0.25) is 0 Å². The van der Waals surface area contributed by atoms with Crippen LogP contribution in [0.5, 0.6) is 5.75 Å². The van der Waals surface area contributed by atoms with Crippen molar-refractivity contribution in [1.82, 2.24) is 0 Å². The molecule has 5 heteroatoms. The number of hydrogen-bond donors (Lipinski definition) is 1. The van der Waals surface area contributed by atoms with Crippen molar-refractivity contribution < 1.29 is 24.3 Å². The molecule has 0 amide bonds. The van der Waals surface area contributed by atoms with E-state index in [1.54, 1.807) is 43.3 Å². The molecule has 0 aliphatic heterocycles. The van der Waals surface area contributed by atoms with E-state index < -0.39 is 0 Å². The van der Waals surface area contributed by atoms with E-state index in [0.717, 1.165) is 0 Å². The summed E-state index contributed by atoms with van der Waals surface area (Å²) in [6.45, 7) is 1.59. The van der Waals surface area contributed by atoms with Crippen LogP contribution in [0.2, 0.25) is 0 Å². The molecule has 0 saturated carbocycles. The van der Waals surface area contributed by atoms with E-state index in [4.69, 9.17) is 0 Å². The number of carbonyl (C=O) groups is 4. The van der Waals surface area contributed by atoms with Crippen LogP contribution in [0.15, 0.2) is 66.3 Å². The number of fused-ring (bicyclic) bond motifs is 2. The summed E-state index contributed by atoms with van der Waals surface area (Å²) in [5.41, 5.74) is 1.82. The number of hydrogen-bond acceptors (Lipinski definition) is 5. The molecule has 0 aromatic heterocycles. The minimum absolute atomic E-state index is 0.0924. The average molecular weight is 346 g/mol. The summed E-state index contributed by atoms with van der Waals surface area (Å²) in [6.07, 6.45) is 3.87. The third kappa shape index (κ3) is 3.02. The first-order valence-corrected chi connectivity index (χ1v) is 7.85. The zero-order valence-electron chi connectivity index (χ0n) is 13.9. The first kappa shape index (κ1) is 17.2. The van der Waals surface area contributed by atoms with E-state index in [1.807, 2.05) is 0 Å². The molecule has 2 aliphatic rings. The summed E-state index contributed by atoms with van der Waals surface area (Å²) in [6, 6.07) is 11.3. The quantitative estimate of drug-likeness (QED) is 0.790. The van der Waals surface area contributed by atoms with Crippen LogP contribution in [0, 0.1) is 0 Å². The highest BCUT2D eigenvalue weighted by Crippen LogP contribution is 2.27. The second-order valence-corrected chi connectivity index (χ2v) is 5.83. The lowest BCUT2D eigenvalue weighted by atomic mass is 9.90. The van der Waals surface area contributed by atoms with Gasteiger partial charge in [0.15, 0.2) is 23.1 Å². The summed E-state index contributed by atoms with van der Waals surface area (Å²) in [4.78, 5) is 45.4. The fourth-order valence-corrected chi connectivity index (χ4v) is 2.78. The van der Waals surface area contributed by atoms with Crippen LogP contribution >= 0.6 is 0 Å². The van der Waals surface area contributed by atoms with Gasteiger partial charge in [-0.25, -0.2) is 0 Å². The van der Waals surface area contributed by atoms with Crippen LogP contribution in [-0.4, -0.2) is 28.2 Å². The molecule has 0 fully saturated rings. The van der Waals surface area contributed by atoms with Gasteiger partial charge in [0.05, 0.1) is 5.56 Å². The SMILES string of the molecule is CC1=CC(=O)c2c(O)cccc2C1=O.O=C1C=CC(=O)c2ccccc21. The number of allylic oxidation sites excluding steroid dienone is 4. The zero-order valence-corrected chi connectivity index (χ0v) is 13.9. The number of benzene rings is 2. The van der Waals surface area contributed by atoms with Crippen molar-refractivity contribution in [2.45, 2.75) is 6.92 Å². The second-order valence-electron chi connectivity index (χ2n) is 5.83. The van der Waals surface area contributed by atoms with Gasteiger partial charge in [-0.05, 0) is 31.2 Å². The summed E-state index contributed by atoms with van der Waals surface area (Å²) < 4.78 is 0. The lowest BCUT2D eigenvalue weighted by molar-refractivity contribution is 0.0982. The predicted octanol–water partition coefficient (Wildman–Crippen LogP) is 3.34. The fraction of sp³-hybridized carbons (Fsp3) is 0.0476. The fourth-order valence-electron chi connectivity index (χ4n) is 2.78. The number of phenolic OH excluding ortho intramolecular Hbond substituents is 1. The maximum absolute atomic E-state index is 11.6. The summed E-state index contributed by atoms with van der Waals surface area (Å²) >= 11 is 0. The summed E-state index contributed by atoms with van der Waals surface area (Å²) in [7, 11) is 0. The Morgan fingerprint density at radius 3 is 1.81 bits per heavy atom. The second kappa shape index (κ2) is 6.72. The molecular formula is C21H14O5. The molecule has 4 rings (SSSR count). The number of Topliss-reactive ketones (excluding diaryl/α,β-unsaturated/α-hetero) is 1. The van der Waals surface area contributed by atoms with E-state index in [-0.39, 0.29) is 40.0 Å². The van der Waals surface area contributed by atoms with Crippen LogP contribution in [0.4, 0.5) is 0 Å². The van der Waals surface area contributed by atoms with Gasteiger partial charge < -0.3 is 5.11 Å². The van der Waals surface area contributed by atoms with Crippen molar-refractivity contribution in [3.8, 4) is 5.75 Å². The van der Waals surface area contributed by atoms with Gasteiger partial charge in [-0.3, -0.25) is 19.2 Å². The van der Waals surface area contributed by atoms with Gasteiger partial charge in [-0.2, -0.15) is 0 Å². The molecule has 128 valence electrons. The summed E-state index contributed by atoms with van der Waals surface area (Å²) in [5.74, 6) is -0.828. The highest BCUT2D eigenvalue weighted by molar-refractivity contribution is 6.25. The molecule has 0 radical (unpaired) electrons. The van der Waals surface area contributed by atoms with E-state index in [2.05, 4.69) is 0 Å². The third-order valence-corrected chi connectivity index (χ3v) is 4.08. The Labute approximate surface area is 149 Å². The molecule has 26 heavy (non-hydrogen) atoms. The Morgan fingerprint density at radius 2 is 1.23 bits per heavy atom. The smallest absolute Gasteiger partial charge is 0.190 e. The van der Waals surface area contributed by atoms with Crippen molar-refractivity contribution in [3.05, 3.63) is 88.5 Å². The number of ketones is 4. The standard InChI is InChI=1S/C11H8O3.C10H6O2/c1-6-5-9(13)10-7(11(6)14)3-2-4-8(10)12;11-9-5-6-10(12)8-4-2-1-3-7(8)9/h2-5,12H,1H3;1-6H. The Morgan fingerprint density at radius 1 is 0.692 bits per heavy atom. The van der Waals surface area contributed by atoms with Gasteiger partial charge in [-0.15, -0.1) is 0 Å². The number of phenols is 1. The van der Waals surface area contributed by atoms with Crippen molar-refractivity contribution in [1.29, 1.82) is 0 Å². The molecule has 2 aromatic carbocycles. The molecule has 0 heterocycles. The van der Waals surface area contributed by atoms with Crippen molar-refractivity contribution in [2.75, 3.05) is 0 Å². The van der Waals surface area contributed by atoms with Gasteiger partial charge in [0.25, 0.3) is 0 Å². The molecule has 0 atom stereocenters. The van der Waals surface area contributed by atoms with Gasteiger partial charge >= 0.3 is 0 Å². The third-order valence-electron chi connectivity index (χ3n) is 4.08. The highest BCUT2D eigenvalue weighted by atomic mass is 16.3. The van der Waals surface area contributed by atoms with Gasteiger partial charge in [0.1, 0.15) is 5.75 Å². The summed E-state index contributed by atoms with van der Waals surface area (Å²) in [5, 5.41) is 9.43. The maximum atomic E-state index is 11.6. The van der Waals surface area contributed by atoms with Gasteiger partial charge in [-0.1, -0.05) is 36.4 Å². The molecular weight excluding hydrogens is 332 g/mol. The zero-order chi connectivity index (χ0) is 18.8. The van der Waals surface area contributed by atoms with Crippen LogP contribution < -0.4 is 0 Å². The molecule has 0 unspecified atom stereocenters. The normalized spacial score (nSPS) is 14.9. The molecule has 2 aliphatic carbocycles. The monoisotopic (exact) mass is 346 g/mol. The molecule has 1 N–H and O–H groups in total. The van der Waals surface area contributed by atoms with Crippen molar-refractivity contribution >= 4 is 23.1 Å². The first-order valence-electron chi connectivity index (χ1n) is 7.85. The topological polar surface area (TPSA) is 88.5 Å². The van der Waals surface area contributed by atoms with Crippen LogP contribution in [0.1, 0.15) is 48.4 Å². The minimum atomic E-state index is -0.310. The number of rotatable bonds is 0. The largest absolute Gasteiger partial charge is 0.507 e. The maximum Gasteiger partial charge on any atom is 0.190 e. The van der Waals surface area contributed by atoms with E-state index in [1.165, 1.54) is 24.3 Å². The van der Waals surface area contributed by atoms with Crippen LogP contribution in [-0.2, 0) is 0 Å². The van der Waals surface area contributed by atoms with Crippen molar-refractivity contribution in [3.63, 3.8) is 0 Å². The number of aromatic hydroxyl groups is 1. The Hall–Kier alpha value is -3.60. The van der Waals surface area contributed by atoms with E-state index >= 15 is 0 Å². The van der Waals surface area contributed by atoms with Gasteiger partial charge in [0, 0.05) is 22.3 Å². The molecule has 0 bridgehead atoms. The van der Waals surface area contributed by atoms with Crippen LogP contribution in [0.3, 0.4) is 0 Å². The van der Waals surface area contributed by atoms with Crippen LogP contribution in [0.25, 0.3) is 0 Å². The molecule has 0 saturated heterocycles. The Balaban J connectivity index is 0.000000152. The molecule has 0 spiro atoms. The minimum Gasteiger partial charge on any atom is -0.507 e. The van der Waals surface area contributed by atoms with E-state index in [0.29, 0.717) is 16.7 Å². The molecule has 2 aromatic rings. The predicted molar refractivity (Wildman–Crippen MR) is 94.8 cm³/mol. The average Bonchev–Trinajstić information content (AvgIpc) is 2.63.